The van der Waals surface area contributed by atoms with E-state index >= 15 is 0 Å². The predicted octanol–water partition coefficient (Wildman–Crippen LogP) is 5.30. The number of imide groups is 1. The molecule has 0 aromatic heterocycles. The van der Waals surface area contributed by atoms with Crippen molar-refractivity contribution in [3.63, 3.8) is 0 Å². The average molecular weight is 612 g/mol. The van der Waals surface area contributed by atoms with Crippen LogP contribution in [0, 0.1) is 0 Å². The number of rotatable bonds is 9. The zero-order valence-corrected chi connectivity index (χ0v) is 23.1. The number of esters is 2. The van der Waals surface area contributed by atoms with Gasteiger partial charge in [-0.15, -0.1) is 0 Å². The highest BCUT2D eigenvalue weighted by Crippen LogP contribution is 2.26. The highest BCUT2D eigenvalue weighted by molar-refractivity contribution is 9.10. The molecule has 0 spiro atoms. The molecule has 0 saturated heterocycles. The lowest BCUT2D eigenvalue weighted by atomic mass is 10.0. The molecule has 1 aliphatic rings. The second kappa shape index (κ2) is 12.1. The Hall–Kier alpha value is -4.89. The Morgan fingerprint density at radius 1 is 0.707 bits per heavy atom. The number of benzene rings is 4. The van der Waals surface area contributed by atoms with Crippen LogP contribution in [0.25, 0.3) is 0 Å². The van der Waals surface area contributed by atoms with Gasteiger partial charge in [0.1, 0.15) is 11.8 Å². The molecule has 1 aliphatic heterocycles. The van der Waals surface area contributed by atoms with Gasteiger partial charge in [0.15, 0.2) is 12.4 Å². The maximum Gasteiger partial charge on any atom is 0.343 e. The molecule has 1 unspecified atom stereocenters. The monoisotopic (exact) mass is 611 g/mol. The molecular formula is C32H22BrNO7. The van der Waals surface area contributed by atoms with Crippen LogP contribution in [0.2, 0.25) is 0 Å². The van der Waals surface area contributed by atoms with Gasteiger partial charge in [-0.1, -0.05) is 58.4 Å². The zero-order valence-electron chi connectivity index (χ0n) is 21.5. The molecule has 1 heterocycles. The van der Waals surface area contributed by atoms with E-state index in [1.54, 1.807) is 60.7 Å². The first-order valence-corrected chi connectivity index (χ1v) is 13.4. The number of nitrogens with zero attached hydrogens (tertiary/aromatic N) is 1. The number of hydrogen-bond acceptors (Lipinski definition) is 7. The molecule has 4 aromatic carbocycles. The Balaban J connectivity index is 1.26. The van der Waals surface area contributed by atoms with Crippen LogP contribution in [0.3, 0.4) is 0 Å². The topological polar surface area (TPSA) is 107 Å². The fraction of sp³-hybridized carbons (Fsp3) is 0.0938. The third-order valence-electron chi connectivity index (χ3n) is 6.49. The summed E-state index contributed by atoms with van der Waals surface area (Å²) in [6, 6.07) is 26.5. The predicted molar refractivity (Wildman–Crippen MR) is 152 cm³/mol. The quantitative estimate of drug-likeness (QED) is 0.109. The number of carbonyl (C=O) groups excluding carboxylic acids is 5. The van der Waals surface area contributed by atoms with Gasteiger partial charge in [0.25, 0.3) is 11.8 Å². The van der Waals surface area contributed by atoms with E-state index in [0.29, 0.717) is 11.1 Å². The lowest BCUT2D eigenvalue weighted by Crippen LogP contribution is -2.47. The Labute approximate surface area is 243 Å². The van der Waals surface area contributed by atoms with Crippen LogP contribution in [0.4, 0.5) is 0 Å². The van der Waals surface area contributed by atoms with Crippen LogP contribution in [0.15, 0.2) is 108 Å². The van der Waals surface area contributed by atoms with Gasteiger partial charge in [-0.05, 0) is 66.2 Å². The van der Waals surface area contributed by atoms with Gasteiger partial charge in [-0.2, -0.15) is 0 Å². The Morgan fingerprint density at radius 3 is 1.88 bits per heavy atom. The van der Waals surface area contributed by atoms with Crippen molar-refractivity contribution in [2.75, 3.05) is 6.61 Å². The maximum atomic E-state index is 13.3. The smallest absolute Gasteiger partial charge is 0.343 e. The van der Waals surface area contributed by atoms with Gasteiger partial charge < -0.3 is 9.47 Å². The molecule has 0 N–H and O–H groups in total. The van der Waals surface area contributed by atoms with Crippen LogP contribution in [-0.4, -0.2) is 47.1 Å². The molecule has 0 aliphatic carbocycles. The molecule has 4 aromatic rings. The summed E-state index contributed by atoms with van der Waals surface area (Å²) in [5, 5.41) is 0. The number of carbonyl (C=O) groups is 5. The minimum Gasteiger partial charge on any atom is -0.456 e. The summed E-state index contributed by atoms with van der Waals surface area (Å²) in [6.45, 7) is -0.606. The number of fused-ring (bicyclic) bond motifs is 1. The van der Waals surface area contributed by atoms with Crippen molar-refractivity contribution < 1.29 is 33.4 Å². The van der Waals surface area contributed by atoms with Crippen molar-refractivity contribution in [2.24, 2.45) is 0 Å². The lowest BCUT2D eigenvalue weighted by Gasteiger charge is -2.24. The Bertz CT molecular complexity index is 1600. The van der Waals surface area contributed by atoms with Crippen molar-refractivity contribution in [1.82, 2.24) is 4.90 Å². The first-order valence-electron chi connectivity index (χ1n) is 12.6. The van der Waals surface area contributed by atoms with Crippen LogP contribution in [0.1, 0.15) is 47.0 Å². The van der Waals surface area contributed by atoms with E-state index < -0.39 is 42.2 Å². The van der Waals surface area contributed by atoms with E-state index in [4.69, 9.17) is 9.47 Å². The van der Waals surface area contributed by atoms with E-state index in [9.17, 15) is 24.0 Å². The van der Waals surface area contributed by atoms with Gasteiger partial charge in [0.05, 0.1) is 16.7 Å². The number of ketones is 1. The summed E-state index contributed by atoms with van der Waals surface area (Å²) < 4.78 is 11.5. The molecule has 0 saturated carbocycles. The van der Waals surface area contributed by atoms with Gasteiger partial charge in [-0.25, -0.2) is 9.59 Å². The summed E-state index contributed by atoms with van der Waals surface area (Å²) in [4.78, 5) is 65.5. The van der Waals surface area contributed by atoms with Crippen molar-refractivity contribution in [2.45, 2.75) is 12.5 Å². The minimum atomic E-state index is -1.27. The Morgan fingerprint density at radius 2 is 1.27 bits per heavy atom. The van der Waals surface area contributed by atoms with Crippen molar-refractivity contribution >= 4 is 45.5 Å². The third kappa shape index (κ3) is 6.15. The third-order valence-corrected chi connectivity index (χ3v) is 7.02. The summed E-state index contributed by atoms with van der Waals surface area (Å²) in [5.41, 5.74) is 1.72. The largest absolute Gasteiger partial charge is 0.456 e. The highest BCUT2D eigenvalue weighted by Gasteiger charge is 2.43. The Kier molecular flexibility index (Phi) is 8.16. The molecule has 9 heteroatoms. The van der Waals surface area contributed by atoms with Gasteiger partial charge >= 0.3 is 11.9 Å². The lowest BCUT2D eigenvalue weighted by molar-refractivity contribution is -0.147. The van der Waals surface area contributed by atoms with E-state index in [-0.39, 0.29) is 28.9 Å². The number of Topliss-reactive ketones (excluding diaryl/α,β-unsaturated/α-hetero) is 1. The standard InChI is InChI=1S/C32H22BrNO7/c33-23-14-10-22(11-15-23)31(38)41-24-16-12-21(13-17-24)28(35)19-40-32(39)27(18-20-6-2-1-3-7-20)34-29(36)25-8-4-5-9-26(25)30(34)37/h1-17,27H,18-19H2. The number of hydrogen-bond donors (Lipinski definition) is 0. The SMILES string of the molecule is O=C(COC(=O)C(Cc1ccccc1)N1C(=O)c2ccccc2C1=O)c1ccc(OC(=O)c2ccc(Br)cc2)cc1. The van der Waals surface area contributed by atoms with Crippen LogP contribution in [-0.2, 0) is 16.0 Å². The van der Waals surface area contributed by atoms with Crippen molar-refractivity contribution in [1.29, 1.82) is 0 Å². The molecule has 0 fully saturated rings. The van der Waals surface area contributed by atoms with Gasteiger partial charge in [0.2, 0.25) is 0 Å². The first kappa shape index (κ1) is 27.7. The van der Waals surface area contributed by atoms with Gasteiger partial charge in [-0.3, -0.25) is 19.3 Å². The molecule has 8 nitrogen and oxygen atoms in total. The van der Waals surface area contributed by atoms with Crippen molar-refractivity contribution in [3.8, 4) is 5.75 Å². The molecular weight excluding hydrogens is 590 g/mol. The highest BCUT2D eigenvalue weighted by atomic mass is 79.9. The second-order valence-corrected chi connectivity index (χ2v) is 10.1. The number of amides is 2. The van der Waals surface area contributed by atoms with Crippen LogP contribution >= 0.6 is 15.9 Å². The second-order valence-electron chi connectivity index (χ2n) is 9.18. The van der Waals surface area contributed by atoms with Crippen LogP contribution < -0.4 is 4.74 Å². The van der Waals surface area contributed by atoms with E-state index in [1.807, 2.05) is 6.07 Å². The minimum absolute atomic E-state index is 0.0256. The van der Waals surface area contributed by atoms with E-state index in [2.05, 4.69) is 15.9 Å². The summed E-state index contributed by atoms with van der Waals surface area (Å²) in [5.74, 6) is -2.89. The first-order chi connectivity index (χ1) is 19.8. The normalized spacial score (nSPS) is 13.0. The molecule has 0 bridgehead atoms. The summed E-state index contributed by atoms with van der Waals surface area (Å²) in [6.07, 6.45) is 0.0256. The van der Waals surface area contributed by atoms with Gasteiger partial charge in [0, 0.05) is 16.5 Å². The number of ether oxygens (including phenoxy) is 2. The van der Waals surface area contributed by atoms with E-state index in [0.717, 1.165) is 9.37 Å². The fourth-order valence-electron chi connectivity index (χ4n) is 4.39. The van der Waals surface area contributed by atoms with Crippen LogP contribution in [0.5, 0.6) is 5.75 Å². The zero-order chi connectivity index (χ0) is 28.9. The molecule has 204 valence electrons. The number of halogens is 1. The molecule has 2 amide bonds. The molecule has 41 heavy (non-hydrogen) atoms. The summed E-state index contributed by atoms with van der Waals surface area (Å²) in [7, 11) is 0. The maximum absolute atomic E-state index is 13.3. The summed E-state index contributed by atoms with van der Waals surface area (Å²) >= 11 is 3.31. The molecule has 1 atom stereocenters. The average Bonchev–Trinajstić information content (AvgIpc) is 3.25. The fourth-order valence-corrected chi connectivity index (χ4v) is 4.65. The molecule has 5 rings (SSSR count). The molecule has 0 radical (unpaired) electrons. The van der Waals surface area contributed by atoms with E-state index in [1.165, 1.54) is 36.4 Å². The van der Waals surface area contributed by atoms with Crippen molar-refractivity contribution in [3.05, 3.63) is 135 Å².